The van der Waals surface area contributed by atoms with Crippen LogP contribution < -0.4 is 5.32 Å². The molecule has 0 bridgehead atoms. The van der Waals surface area contributed by atoms with E-state index < -0.39 is 0 Å². The first-order valence-electron chi connectivity index (χ1n) is 4.21. The van der Waals surface area contributed by atoms with Crippen molar-refractivity contribution in [2.45, 2.75) is 18.9 Å². The number of nitrogens with zero attached hydrogens (tertiary/aromatic N) is 1. The predicted octanol–water partition coefficient (Wildman–Crippen LogP) is 3.11. The second kappa shape index (κ2) is 6.62. The molecule has 0 spiro atoms. The van der Waals surface area contributed by atoms with E-state index in [1.54, 1.807) is 0 Å². The predicted molar refractivity (Wildman–Crippen MR) is 66.4 cm³/mol. The second-order valence-corrected chi connectivity index (χ2v) is 3.88. The topological polar surface area (TPSA) is 24.9 Å². The molecule has 0 aromatic carbocycles. The minimum atomic E-state index is 0. The smallest absolute Gasteiger partial charge is 0.106 e. The average Bonchev–Trinajstić information content (AvgIpc) is 2.58. The lowest BCUT2D eigenvalue weighted by atomic mass is 10.1. The molecule has 80 valence electrons. The molecule has 0 saturated carbocycles. The van der Waals surface area contributed by atoms with E-state index in [0.29, 0.717) is 6.04 Å². The highest BCUT2D eigenvalue weighted by atomic mass is 79.9. The molecule has 2 nitrogen and oxygen atoms in total. The van der Waals surface area contributed by atoms with Gasteiger partial charge in [0.25, 0.3) is 0 Å². The molecule has 1 aliphatic rings. The van der Waals surface area contributed by atoms with E-state index in [-0.39, 0.29) is 24.8 Å². The Bertz CT molecular complexity index is 260. The molecule has 0 radical (unpaired) electrons. The van der Waals surface area contributed by atoms with Gasteiger partial charge in [-0.15, -0.1) is 24.8 Å². The zero-order valence-electron chi connectivity index (χ0n) is 7.57. The fourth-order valence-corrected chi connectivity index (χ4v) is 1.80. The maximum absolute atomic E-state index is 4.20. The molecular weight excluding hydrogens is 287 g/mol. The van der Waals surface area contributed by atoms with Crippen LogP contribution in [0.5, 0.6) is 0 Å². The van der Waals surface area contributed by atoms with Crippen molar-refractivity contribution >= 4 is 40.7 Å². The largest absolute Gasteiger partial charge is 0.310 e. The fourth-order valence-electron chi connectivity index (χ4n) is 1.56. The number of nitrogens with one attached hydrogen (secondary N) is 1. The maximum Gasteiger partial charge on any atom is 0.106 e. The number of pyridine rings is 1. The molecule has 1 fully saturated rings. The van der Waals surface area contributed by atoms with Crippen molar-refractivity contribution in [1.29, 1.82) is 0 Å². The van der Waals surface area contributed by atoms with Crippen molar-refractivity contribution in [3.8, 4) is 0 Å². The molecule has 1 aromatic rings. The van der Waals surface area contributed by atoms with Crippen molar-refractivity contribution in [3.63, 3.8) is 0 Å². The summed E-state index contributed by atoms with van der Waals surface area (Å²) in [7, 11) is 0. The van der Waals surface area contributed by atoms with Gasteiger partial charge in [-0.1, -0.05) is 6.07 Å². The second-order valence-electron chi connectivity index (χ2n) is 3.06. The summed E-state index contributed by atoms with van der Waals surface area (Å²) in [5, 5.41) is 3.44. The van der Waals surface area contributed by atoms with Crippen molar-refractivity contribution in [2.75, 3.05) is 6.54 Å². The SMILES string of the molecule is Brc1ccc([C@@H]2CCCN2)cn1.Cl.Cl. The van der Waals surface area contributed by atoms with E-state index in [0.717, 1.165) is 11.1 Å². The van der Waals surface area contributed by atoms with Crippen LogP contribution in [0.15, 0.2) is 22.9 Å². The standard InChI is InChI=1S/C9H11BrN2.2ClH/c10-9-4-3-7(6-12-9)8-2-1-5-11-8;;/h3-4,6,8,11H,1-2,5H2;2*1H/t8-;;/m0../s1. The van der Waals surface area contributed by atoms with E-state index in [9.17, 15) is 0 Å². The fraction of sp³-hybridized carbons (Fsp3) is 0.444. The summed E-state index contributed by atoms with van der Waals surface area (Å²) in [6, 6.07) is 4.65. The summed E-state index contributed by atoms with van der Waals surface area (Å²) >= 11 is 3.32. The van der Waals surface area contributed by atoms with Crippen LogP contribution in [0.1, 0.15) is 24.4 Å². The van der Waals surface area contributed by atoms with Gasteiger partial charge in [0.2, 0.25) is 0 Å². The van der Waals surface area contributed by atoms with Gasteiger partial charge in [-0.2, -0.15) is 0 Å². The summed E-state index contributed by atoms with van der Waals surface area (Å²) in [4.78, 5) is 4.20. The van der Waals surface area contributed by atoms with Gasteiger partial charge in [-0.25, -0.2) is 4.98 Å². The Morgan fingerprint density at radius 2 is 2.14 bits per heavy atom. The van der Waals surface area contributed by atoms with Crippen molar-refractivity contribution in [2.24, 2.45) is 0 Å². The molecule has 2 rings (SSSR count). The zero-order valence-corrected chi connectivity index (χ0v) is 10.8. The molecule has 1 aliphatic heterocycles. The highest BCUT2D eigenvalue weighted by Crippen LogP contribution is 2.22. The van der Waals surface area contributed by atoms with Crippen molar-refractivity contribution < 1.29 is 0 Å². The van der Waals surface area contributed by atoms with Crippen LogP contribution in [0.25, 0.3) is 0 Å². The number of hydrogen-bond donors (Lipinski definition) is 1. The van der Waals surface area contributed by atoms with Gasteiger partial charge < -0.3 is 5.32 Å². The Morgan fingerprint density at radius 3 is 2.64 bits per heavy atom. The third kappa shape index (κ3) is 3.39. The van der Waals surface area contributed by atoms with E-state index in [4.69, 9.17) is 0 Å². The monoisotopic (exact) mass is 298 g/mol. The van der Waals surface area contributed by atoms with Gasteiger partial charge >= 0.3 is 0 Å². The van der Waals surface area contributed by atoms with Gasteiger partial charge in [0.1, 0.15) is 4.60 Å². The highest BCUT2D eigenvalue weighted by Gasteiger charge is 2.15. The normalized spacial score (nSPS) is 19.6. The number of aromatic nitrogens is 1. The van der Waals surface area contributed by atoms with Crippen LogP contribution in [0, 0.1) is 0 Å². The van der Waals surface area contributed by atoms with Crippen LogP contribution in [-0.4, -0.2) is 11.5 Å². The average molecular weight is 300 g/mol. The molecule has 0 amide bonds. The Hall–Kier alpha value is 0.170. The summed E-state index contributed by atoms with van der Waals surface area (Å²) < 4.78 is 0.907. The van der Waals surface area contributed by atoms with E-state index in [1.807, 2.05) is 12.3 Å². The first kappa shape index (κ1) is 14.2. The summed E-state index contributed by atoms with van der Waals surface area (Å²) in [5.41, 5.74) is 1.30. The third-order valence-corrected chi connectivity index (χ3v) is 2.68. The molecule has 14 heavy (non-hydrogen) atoms. The van der Waals surface area contributed by atoms with E-state index in [1.165, 1.54) is 18.4 Å². The Balaban J connectivity index is 0.000000845. The van der Waals surface area contributed by atoms with Gasteiger partial charge in [0, 0.05) is 12.2 Å². The van der Waals surface area contributed by atoms with Gasteiger partial charge in [0.05, 0.1) is 0 Å². The molecule has 5 heteroatoms. The molecule has 2 heterocycles. The first-order valence-corrected chi connectivity index (χ1v) is 5.00. The van der Waals surface area contributed by atoms with Gasteiger partial charge in [-0.05, 0) is 46.9 Å². The summed E-state index contributed by atoms with van der Waals surface area (Å²) in [6.45, 7) is 1.14. The van der Waals surface area contributed by atoms with E-state index in [2.05, 4.69) is 32.3 Å². The molecule has 0 unspecified atom stereocenters. The molecule has 1 aromatic heterocycles. The molecule has 1 saturated heterocycles. The summed E-state index contributed by atoms with van der Waals surface area (Å²) in [6.07, 6.45) is 4.46. The van der Waals surface area contributed by atoms with Crippen LogP contribution in [0.2, 0.25) is 0 Å². The van der Waals surface area contributed by atoms with Crippen LogP contribution in [0.4, 0.5) is 0 Å². The first-order chi connectivity index (χ1) is 5.86. The lowest BCUT2D eigenvalue weighted by Crippen LogP contribution is -2.12. The van der Waals surface area contributed by atoms with Crippen molar-refractivity contribution in [1.82, 2.24) is 10.3 Å². The molecule has 1 atom stereocenters. The van der Waals surface area contributed by atoms with Crippen LogP contribution >= 0.6 is 40.7 Å². The quantitative estimate of drug-likeness (QED) is 0.806. The molecular formula is C9H13BrCl2N2. The Kier molecular flexibility index (Phi) is 6.70. The molecule has 1 N–H and O–H groups in total. The minimum Gasteiger partial charge on any atom is -0.310 e. The molecule has 0 aliphatic carbocycles. The highest BCUT2D eigenvalue weighted by molar-refractivity contribution is 9.10. The lowest BCUT2D eigenvalue weighted by molar-refractivity contribution is 0.644. The number of halogens is 3. The lowest BCUT2D eigenvalue weighted by Gasteiger charge is -2.08. The van der Waals surface area contributed by atoms with Gasteiger partial charge in [0.15, 0.2) is 0 Å². The maximum atomic E-state index is 4.20. The number of rotatable bonds is 1. The van der Waals surface area contributed by atoms with Gasteiger partial charge in [-0.3, -0.25) is 0 Å². The van der Waals surface area contributed by atoms with E-state index >= 15 is 0 Å². The third-order valence-electron chi connectivity index (χ3n) is 2.21. The van der Waals surface area contributed by atoms with Crippen LogP contribution in [-0.2, 0) is 0 Å². The Labute approximate surface area is 105 Å². The van der Waals surface area contributed by atoms with Crippen LogP contribution in [0.3, 0.4) is 0 Å². The summed E-state index contributed by atoms with van der Waals surface area (Å²) in [5.74, 6) is 0. The zero-order chi connectivity index (χ0) is 8.39. The number of hydrogen-bond acceptors (Lipinski definition) is 2. The minimum absolute atomic E-state index is 0. The Morgan fingerprint density at radius 1 is 1.36 bits per heavy atom. The van der Waals surface area contributed by atoms with Crippen molar-refractivity contribution in [3.05, 3.63) is 28.5 Å².